The van der Waals surface area contributed by atoms with E-state index in [0.29, 0.717) is 17.0 Å². The molecule has 0 aliphatic heterocycles. The maximum atomic E-state index is 12.1. The van der Waals surface area contributed by atoms with Crippen LogP contribution in [-0.4, -0.2) is 34.1 Å². The predicted molar refractivity (Wildman–Crippen MR) is 80.5 cm³/mol. The van der Waals surface area contributed by atoms with Crippen molar-refractivity contribution in [3.8, 4) is 5.82 Å². The normalized spacial score (nSPS) is 24.5. The Bertz CT molecular complexity index is 847. The molecule has 0 bridgehead atoms. The quantitative estimate of drug-likeness (QED) is 0.356. The van der Waals surface area contributed by atoms with E-state index in [4.69, 9.17) is 4.74 Å². The fraction of sp³-hybridized carbons (Fsp3) is 0.438. The predicted octanol–water partition coefficient (Wildman–Crippen LogP) is 0.696. The van der Waals surface area contributed by atoms with Gasteiger partial charge in [-0.05, 0) is 19.3 Å². The summed E-state index contributed by atoms with van der Waals surface area (Å²) in [4.78, 5) is 28.1. The van der Waals surface area contributed by atoms with E-state index in [2.05, 4.69) is 10.1 Å². The molecule has 24 heavy (non-hydrogen) atoms. The van der Waals surface area contributed by atoms with Crippen LogP contribution in [0.3, 0.4) is 0 Å². The summed E-state index contributed by atoms with van der Waals surface area (Å²) in [5.41, 5.74) is 1.26. The van der Waals surface area contributed by atoms with Crippen LogP contribution >= 0.6 is 0 Å². The number of aromatic nitrogens is 4. The van der Waals surface area contributed by atoms with Gasteiger partial charge in [0.15, 0.2) is 11.9 Å². The van der Waals surface area contributed by atoms with Gasteiger partial charge in [0, 0.05) is 16.9 Å². The maximum absolute atomic E-state index is 12.1. The van der Waals surface area contributed by atoms with Gasteiger partial charge in [-0.15, -0.1) is 0 Å². The fourth-order valence-electron chi connectivity index (χ4n) is 4.14. The summed E-state index contributed by atoms with van der Waals surface area (Å²) in [5.74, 6) is -0.234. The van der Waals surface area contributed by atoms with Gasteiger partial charge in [-0.2, -0.15) is 9.83 Å². The summed E-state index contributed by atoms with van der Waals surface area (Å²) in [5, 5.41) is 15.9. The van der Waals surface area contributed by atoms with Crippen molar-refractivity contribution in [2.75, 3.05) is 7.11 Å². The first-order valence-electron chi connectivity index (χ1n) is 7.81. The zero-order chi connectivity index (χ0) is 16.9. The molecular weight excluding hydrogens is 312 g/mol. The summed E-state index contributed by atoms with van der Waals surface area (Å²) < 4.78 is 6.99. The van der Waals surface area contributed by atoms with Gasteiger partial charge >= 0.3 is 5.97 Å². The highest BCUT2D eigenvalue weighted by Gasteiger charge is 2.53. The molecule has 2 aliphatic rings. The Kier molecular flexibility index (Phi) is 3.16. The lowest BCUT2D eigenvalue weighted by Crippen LogP contribution is -2.28. The van der Waals surface area contributed by atoms with Crippen molar-refractivity contribution in [1.29, 1.82) is 0 Å². The molecule has 0 N–H and O–H groups in total. The summed E-state index contributed by atoms with van der Waals surface area (Å²) in [7, 11) is 1.30. The Morgan fingerprint density at radius 2 is 2.42 bits per heavy atom. The second-order valence-electron chi connectivity index (χ2n) is 6.36. The topological polar surface area (TPSA) is 101 Å². The van der Waals surface area contributed by atoms with Crippen LogP contribution in [0.5, 0.6) is 0 Å². The van der Waals surface area contributed by atoms with Crippen molar-refractivity contribution in [2.24, 2.45) is 5.41 Å². The van der Waals surface area contributed by atoms with Crippen LogP contribution in [0.4, 0.5) is 0 Å². The molecule has 2 aromatic rings. The minimum Gasteiger partial charge on any atom is -0.619 e. The highest BCUT2D eigenvalue weighted by molar-refractivity contribution is 5.90. The summed E-state index contributed by atoms with van der Waals surface area (Å²) >= 11 is 0. The molecule has 1 fully saturated rings. The number of nitrogens with zero attached hydrogens (tertiary/aromatic N) is 4. The largest absolute Gasteiger partial charge is 0.619 e. The van der Waals surface area contributed by atoms with Crippen LogP contribution in [0.25, 0.3) is 5.82 Å². The smallest absolute Gasteiger partial charge is 0.358 e. The average Bonchev–Trinajstić information content (AvgIpc) is 3.22. The molecule has 2 aliphatic carbocycles. The van der Waals surface area contributed by atoms with Gasteiger partial charge in [0.2, 0.25) is 12.0 Å². The van der Waals surface area contributed by atoms with Crippen LogP contribution in [0.1, 0.15) is 46.9 Å². The van der Waals surface area contributed by atoms with Gasteiger partial charge in [-0.1, -0.05) is 6.42 Å². The van der Waals surface area contributed by atoms with Crippen molar-refractivity contribution in [1.82, 2.24) is 14.8 Å². The number of fused-ring (bicyclic) bond motifs is 3. The molecule has 2 atom stereocenters. The van der Waals surface area contributed by atoms with E-state index in [1.165, 1.54) is 30.4 Å². The fourth-order valence-corrected chi connectivity index (χ4v) is 4.14. The van der Waals surface area contributed by atoms with E-state index in [0.717, 1.165) is 36.8 Å². The van der Waals surface area contributed by atoms with Crippen molar-refractivity contribution in [3.63, 3.8) is 0 Å². The van der Waals surface area contributed by atoms with E-state index in [9.17, 15) is 14.8 Å². The van der Waals surface area contributed by atoms with Crippen LogP contribution < -0.4 is 4.73 Å². The Labute approximate surface area is 137 Å². The van der Waals surface area contributed by atoms with Crippen molar-refractivity contribution < 1.29 is 19.1 Å². The van der Waals surface area contributed by atoms with Gasteiger partial charge in [0.1, 0.15) is 6.29 Å². The lowest BCUT2D eigenvalue weighted by atomic mass is 9.81. The van der Waals surface area contributed by atoms with Crippen molar-refractivity contribution in [2.45, 2.75) is 31.6 Å². The van der Waals surface area contributed by atoms with E-state index in [1.807, 2.05) is 0 Å². The molecule has 0 aromatic carbocycles. The van der Waals surface area contributed by atoms with E-state index in [-0.39, 0.29) is 11.6 Å². The third kappa shape index (κ3) is 1.88. The molecule has 2 unspecified atom stereocenters. The summed E-state index contributed by atoms with van der Waals surface area (Å²) in [6, 6.07) is 0. The number of carbonyl (C=O) groups excluding carboxylic acids is 2. The molecule has 0 radical (unpaired) electrons. The number of methoxy groups -OCH3 is 1. The lowest BCUT2D eigenvalue weighted by molar-refractivity contribution is -0.605. The molecule has 4 rings (SSSR count). The minimum absolute atomic E-state index is 0.0157. The number of hydrogen-bond donors (Lipinski definition) is 0. The molecule has 124 valence electrons. The molecule has 8 heteroatoms. The first-order valence-corrected chi connectivity index (χ1v) is 7.81. The molecular formula is C16H16N4O4. The second kappa shape index (κ2) is 5.12. The first-order chi connectivity index (χ1) is 11.6. The number of rotatable bonds is 3. The van der Waals surface area contributed by atoms with Crippen LogP contribution in [-0.2, 0) is 16.0 Å². The Balaban J connectivity index is 1.94. The molecule has 8 nitrogen and oxygen atoms in total. The second-order valence-corrected chi connectivity index (χ2v) is 6.36. The van der Waals surface area contributed by atoms with Gasteiger partial charge in [-0.3, -0.25) is 0 Å². The highest BCUT2D eigenvalue weighted by Crippen LogP contribution is 2.57. The molecule has 0 saturated heterocycles. The van der Waals surface area contributed by atoms with Gasteiger partial charge in [0.25, 0.3) is 0 Å². The number of esters is 1. The Hall–Kier alpha value is -2.77. The first kappa shape index (κ1) is 14.8. The lowest BCUT2D eigenvalue weighted by Gasteiger charge is -2.22. The van der Waals surface area contributed by atoms with Crippen LogP contribution in [0.15, 0.2) is 18.6 Å². The number of carbonyl (C=O) groups is 2. The van der Waals surface area contributed by atoms with E-state index >= 15 is 0 Å². The van der Waals surface area contributed by atoms with Crippen LogP contribution in [0.2, 0.25) is 0 Å². The molecule has 0 amide bonds. The SMILES string of the molecule is COC(=O)c1nn(-c2c[n+]([O-])ccn2)c2c1CC1(C=O)CCCC21. The molecule has 2 aromatic heterocycles. The zero-order valence-corrected chi connectivity index (χ0v) is 13.1. The standard InChI is InChI=1S/C16H16N4O4/c1-24-15(22)13-10-7-16(9-21)4-2-3-11(16)14(10)20(18-13)12-8-19(23)6-5-17-12/h5-6,8-9,11H,2-4,7H2,1H3. The van der Waals surface area contributed by atoms with Gasteiger partial charge in [0.05, 0.1) is 19.0 Å². The van der Waals surface area contributed by atoms with Gasteiger partial charge in [-0.25, -0.2) is 14.5 Å². The number of ether oxygens (including phenoxy) is 1. The van der Waals surface area contributed by atoms with Crippen molar-refractivity contribution >= 4 is 12.3 Å². The monoisotopic (exact) mass is 328 g/mol. The Morgan fingerprint density at radius 1 is 1.58 bits per heavy atom. The van der Waals surface area contributed by atoms with Crippen molar-refractivity contribution in [3.05, 3.63) is 40.7 Å². The molecule has 1 saturated carbocycles. The molecule has 2 heterocycles. The summed E-state index contributed by atoms with van der Waals surface area (Å²) in [6.45, 7) is 0. The number of hydrogen-bond acceptors (Lipinski definition) is 6. The summed E-state index contributed by atoms with van der Waals surface area (Å²) in [6.07, 6.45) is 8.04. The minimum atomic E-state index is -0.544. The van der Waals surface area contributed by atoms with E-state index in [1.54, 1.807) is 0 Å². The third-order valence-corrected chi connectivity index (χ3v) is 5.18. The maximum Gasteiger partial charge on any atom is 0.358 e. The Morgan fingerprint density at radius 3 is 3.12 bits per heavy atom. The molecule has 0 spiro atoms. The van der Waals surface area contributed by atoms with Gasteiger partial charge < -0.3 is 14.7 Å². The number of aldehydes is 1. The van der Waals surface area contributed by atoms with E-state index < -0.39 is 11.4 Å². The zero-order valence-electron chi connectivity index (χ0n) is 13.1. The third-order valence-electron chi connectivity index (χ3n) is 5.18. The highest BCUT2D eigenvalue weighted by atomic mass is 16.5. The average molecular weight is 328 g/mol. The van der Waals surface area contributed by atoms with Crippen LogP contribution in [0, 0.1) is 10.6 Å².